The van der Waals surface area contributed by atoms with Crippen molar-refractivity contribution in [2.24, 2.45) is 0 Å². The summed E-state index contributed by atoms with van der Waals surface area (Å²) in [5.74, 6) is 6.05. The molecule has 0 aromatic heterocycles. The van der Waals surface area contributed by atoms with Gasteiger partial charge in [-0.1, -0.05) is 18.9 Å². The van der Waals surface area contributed by atoms with Crippen LogP contribution < -0.4 is 4.74 Å². The molecule has 0 aliphatic rings. The normalized spacial score (nSPS) is 8.71. The lowest BCUT2D eigenvalue weighted by molar-refractivity contribution is -0.113. The molecule has 0 fully saturated rings. The molecule has 0 aliphatic heterocycles. The highest BCUT2D eigenvalue weighted by atomic mass is 16.5. The van der Waals surface area contributed by atoms with Gasteiger partial charge in [0.1, 0.15) is 5.75 Å². The third-order valence-corrected chi connectivity index (χ3v) is 1.74. The molecule has 72 valence electrons. The van der Waals surface area contributed by atoms with E-state index in [0.717, 1.165) is 11.3 Å². The molecule has 2 heteroatoms. The van der Waals surface area contributed by atoms with Gasteiger partial charge in [-0.05, 0) is 24.1 Å². The molecule has 0 spiro atoms. The smallest absolute Gasteiger partial charge is 0.205 e. The minimum absolute atomic E-state index is 0.0483. The Kier molecular flexibility index (Phi) is 3.75. The summed E-state index contributed by atoms with van der Waals surface area (Å²) < 4.78 is 5.04. The van der Waals surface area contributed by atoms with Gasteiger partial charge in [0.15, 0.2) is 0 Å². The van der Waals surface area contributed by atoms with Crippen molar-refractivity contribution in [3.8, 4) is 17.6 Å². The third kappa shape index (κ3) is 2.95. The van der Waals surface area contributed by atoms with Crippen molar-refractivity contribution in [1.29, 1.82) is 0 Å². The predicted octanol–water partition coefficient (Wildman–Crippen LogP) is 2.03. The molecule has 0 aliphatic carbocycles. The van der Waals surface area contributed by atoms with Gasteiger partial charge in [0.2, 0.25) is 5.78 Å². The molecular weight excluding hydrogens is 176 g/mol. The van der Waals surface area contributed by atoms with Crippen LogP contribution in [0.2, 0.25) is 0 Å². The Balaban J connectivity index is 2.84. The standard InChI is InChI=1S/C12H12O2/c1-3-11(13)8-7-10-5-4-6-12(9-10)14-2/h4-6,9H,3H2,1-2H3. The van der Waals surface area contributed by atoms with E-state index >= 15 is 0 Å². The number of hydrogen-bond acceptors (Lipinski definition) is 2. The second-order valence-corrected chi connectivity index (χ2v) is 2.76. The number of ether oxygens (including phenoxy) is 1. The molecule has 2 nitrogen and oxygen atoms in total. The minimum Gasteiger partial charge on any atom is -0.497 e. The molecule has 0 bridgehead atoms. The monoisotopic (exact) mass is 188 g/mol. The molecule has 0 heterocycles. The Morgan fingerprint density at radius 3 is 2.93 bits per heavy atom. The molecule has 0 atom stereocenters. The van der Waals surface area contributed by atoms with Gasteiger partial charge in [-0.2, -0.15) is 0 Å². The first-order valence-electron chi connectivity index (χ1n) is 4.45. The second-order valence-electron chi connectivity index (χ2n) is 2.76. The Morgan fingerprint density at radius 2 is 2.29 bits per heavy atom. The summed E-state index contributed by atoms with van der Waals surface area (Å²) in [6.07, 6.45) is 0.455. The number of hydrogen-bond donors (Lipinski definition) is 0. The quantitative estimate of drug-likeness (QED) is 0.664. The SMILES string of the molecule is CCC(=O)C#Cc1cccc(OC)c1. The average molecular weight is 188 g/mol. The molecule has 0 unspecified atom stereocenters. The minimum atomic E-state index is -0.0483. The van der Waals surface area contributed by atoms with Crippen LogP contribution in [0.4, 0.5) is 0 Å². The van der Waals surface area contributed by atoms with Crippen LogP contribution in [0.5, 0.6) is 5.75 Å². The molecule has 1 aromatic rings. The number of Topliss-reactive ketones (excluding diaryl/α,β-unsaturated/α-hetero) is 1. The molecule has 0 N–H and O–H groups in total. The zero-order valence-corrected chi connectivity index (χ0v) is 8.33. The third-order valence-electron chi connectivity index (χ3n) is 1.74. The molecule has 0 saturated carbocycles. The van der Waals surface area contributed by atoms with E-state index in [9.17, 15) is 4.79 Å². The van der Waals surface area contributed by atoms with E-state index in [0.29, 0.717) is 6.42 Å². The maximum atomic E-state index is 10.9. The molecule has 1 rings (SSSR count). The fourth-order valence-corrected chi connectivity index (χ4v) is 0.931. The van der Waals surface area contributed by atoms with Gasteiger partial charge in [-0.3, -0.25) is 4.79 Å². The van der Waals surface area contributed by atoms with E-state index in [2.05, 4.69) is 11.8 Å². The summed E-state index contributed by atoms with van der Waals surface area (Å²) in [6.45, 7) is 1.79. The molecule has 0 saturated heterocycles. The maximum absolute atomic E-state index is 10.9. The van der Waals surface area contributed by atoms with Crippen LogP contribution in [0.1, 0.15) is 18.9 Å². The number of carbonyl (C=O) groups excluding carboxylic acids is 1. The van der Waals surface area contributed by atoms with Gasteiger partial charge in [0, 0.05) is 12.0 Å². The fourth-order valence-electron chi connectivity index (χ4n) is 0.931. The summed E-state index contributed by atoms with van der Waals surface area (Å²) >= 11 is 0. The van der Waals surface area contributed by atoms with Crippen LogP contribution in [0.15, 0.2) is 24.3 Å². The molecule has 0 radical (unpaired) electrons. The van der Waals surface area contributed by atoms with Crippen molar-refractivity contribution in [1.82, 2.24) is 0 Å². The molecule has 14 heavy (non-hydrogen) atoms. The van der Waals surface area contributed by atoms with Crippen molar-refractivity contribution >= 4 is 5.78 Å². The molecule has 1 aromatic carbocycles. The fraction of sp³-hybridized carbons (Fsp3) is 0.250. The van der Waals surface area contributed by atoms with E-state index in [-0.39, 0.29) is 5.78 Å². The molecular formula is C12H12O2. The van der Waals surface area contributed by atoms with Crippen molar-refractivity contribution in [3.63, 3.8) is 0 Å². The summed E-state index contributed by atoms with van der Waals surface area (Å²) in [5.41, 5.74) is 0.797. The van der Waals surface area contributed by atoms with Crippen LogP contribution in [-0.2, 0) is 4.79 Å². The number of rotatable bonds is 2. The van der Waals surface area contributed by atoms with E-state index in [1.807, 2.05) is 18.2 Å². The van der Waals surface area contributed by atoms with Crippen molar-refractivity contribution in [2.75, 3.05) is 7.11 Å². The lowest BCUT2D eigenvalue weighted by atomic mass is 10.2. The zero-order chi connectivity index (χ0) is 10.4. The number of ketones is 1. The first kappa shape index (κ1) is 10.3. The lowest BCUT2D eigenvalue weighted by Gasteiger charge is -1.97. The number of carbonyl (C=O) groups is 1. The van der Waals surface area contributed by atoms with Crippen LogP contribution in [-0.4, -0.2) is 12.9 Å². The Morgan fingerprint density at radius 1 is 1.50 bits per heavy atom. The average Bonchev–Trinajstić information content (AvgIpc) is 2.26. The van der Waals surface area contributed by atoms with Crippen LogP contribution >= 0.6 is 0 Å². The van der Waals surface area contributed by atoms with Gasteiger partial charge in [0.25, 0.3) is 0 Å². The summed E-state index contributed by atoms with van der Waals surface area (Å²) in [5, 5.41) is 0. The Labute approximate surface area is 83.9 Å². The maximum Gasteiger partial charge on any atom is 0.205 e. The first-order valence-corrected chi connectivity index (χ1v) is 4.45. The van der Waals surface area contributed by atoms with E-state index in [1.165, 1.54) is 0 Å². The first-order chi connectivity index (χ1) is 6.76. The van der Waals surface area contributed by atoms with Crippen LogP contribution in [0.3, 0.4) is 0 Å². The zero-order valence-electron chi connectivity index (χ0n) is 8.33. The van der Waals surface area contributed by atoms with Crippen molar-refractivity contribution in [3.05, 3.63) is 29.8 Å². The Hall–Kier alpha value is -1.75. The second kappa shape index (κ2) is 5.08. The summed E-state index contributed by atoms with van der Waals surface area (Å²) in [7, 11) is 1.60. The summed E-state index contributed by atoms with van der Waals surface area (Å²) in [4.78, 5) is 10.9. The van der Waals surface area contributed by atoms with E-state index < -0.39 is 0 Å². The van der Waals surface area contributed by atoms with Crippen molar-refractivity contribution < 1.29 is 9.53 Å². The largest absolute Gasteiger partial charge is 0.497 e. The number of benzene rings is 1. The van der Waals surface area contributed by atoms with Gasteiger partial charge < -0.3 is 4.74 Å². The number of methoxy groups -OCH3 is 1. The van der Waals surface area contributed by atoms with Crippen LogP contribution in [0, 0.1) is 11.8 Å². The highest BCUT2D eigenvalue weighted by molar-refractivity contribution is 5.95. The van der Waals surface area contributed by atoms with Gasteiger partial charge >= 0.3 is 0 Å². The predicted molar refractivity (Wildman–Crippen MR) is 55.2 cm³/mol. The van der Waals surface area contributed by atoms with Gasteiger partial charge in [0.05, 0.1) is 7.11 Å². The van der Waals surface area contributed by atoms with Gasteiger partial charge in [-0.25, -0.2) is 0 Å². The Bertz CT molecular complexity index is 383. The van der Waals surface area contributed by atoms with E-state index in [1.54, 1.807) is 20.1 Å². The van der Waals surface area contributed by atoms with Gasteiger partial charge in [-0.15, -0.1) is 0 Å². The lowest BCUT2D eigenvalue weighted by Crippen LogP contribution is -1.88. The van der Waals surface area contributed by atoms with Crippen molar-refractivity contribution in [2.45, 2.75) is 13.3 Å². The highest BCUT2D eigenvalue weighted by Crippen LogP contribution is 2.11. The summed E-state index contributed by atoms with van der Waals surface area (Å²) in [6, 6.07) is 7.33. The topological polar surface area (TPSA) is 26.3 Å². The van der Waals surface area contributed by atoms with Crippen LogP contribution in [0.25, 0.3) is 0 Å². The highest BCUT2D eigenvalue weighted by Gasteiger charge is 1.92. The molecule has 0 amide bonds. The van der Waals surface area contributed by atoms with E-state index in [4.69, 9.17) is 4.74 Å².